The molecule has 1 saturated heterocycles. The summed E-state index contributed by atoms with van der Waals surface area (Å²) in [5.41, 5.74) is 0.0839. The van der Waals surface area contributed by atoms with Crippen LogP contribution in [0.5, 0.6) is 0 Å². The largest absolute Gasteiger partial charge is 0.377 e. The Labute approximate surface area is 118 Å². The molecule has 1 aromatic carbocycles. The lowest BCUT2D eigenvalue weighted by atomic mass is 10.1. The van der Waals surface area contributed by atoms with Gasteiger partial charge in [0.05, 0.1) is 22.5 Å². The molecule has 2 unspecified atom stereocenters. The van der Waals surface area contributed by atoms with Gasteiger partial charge in [0.1, 0.15) is 0 Å². The van der Waals surface area contributed by atoms with Crippen LogP contribution in [-0.4, -0.2) is 39.1 Å². The van der Waals surface area contributed by atoms with E-state index in [2.05, 4.69) is 0 Å². The molecular weight excluding hydrogens is 282 g/mol. The summed E-state index contributed by atoms with van der Waals surface area (Å²) in [6.45, 7) is 0.681. The van der Waals surface area contributed by atoms with E-state index in [1.165, 1.54) is 24.3 Å². The molecule has 2 atom stereocenters. The van der Waals surface area contributed by atoms with Crippen LogP contribution >= 0.6 is 0 Å². The minimum atomic E-state index is -1.30. The first-order valence-corrected chi connectivity index (χ1v) is 7.79. The molecule has 1 aliphatic rings. The minimum absolute atomic E-state index is 0.0336. The fourth-order valence-corrected chi connectivity index (χ4v) is 3.32. The second kappa shape index (κ2) is 6.71. The van der Waals surface area contributed by atoms with Gasteiger partial charge in [-0.3, -0.25) is 19.1 Å². The third-order valence-corrected chi connectivity index (χ3v) is 4.39. The van der Waals surface area contributed by atoms with Gasteiger partial charge in [-0.15, -0.1) is 0 Å². The van der Waals surface area contributed by atoms with E-state index in [1.54, 1.807) is 0 Å². The predicted octanol–water partition coefficient (Wildman–Crippen LogP) is 1.71. The van der Waals surface area contributed by atoms with Crippen molar-refractivity contribution >= 4 is 22.3 Å². The summed E-state index contributed by atoms with van der Waals surface area (Å²) in [5, 5.41) is 10.6. The molecule has 0 aromatic heterocycles. The van der Waals surface area contributed by atoms with E-state index in [9.17, 15) is 19.1 Å². The highest BCUT2D eigenvalue weighted by atomic mass is 32.2. The van der Waals surface area contributed by atoms with Gasteiger partial charge in [0, 0.05) is 35.1 Å². The van der Waals surface area contributed by atoms with E-state index in [0.717, 1.165) is 12.8 Å². The van der Waals surface area contributed by atoms with Crippen molar-refractivity contribution in [3.05, 3.63) is 39.9 Å². The Kier molecular flexibility index (Phi) is 4.97. The van der Waals surface area contributed by atoms with Crippen LogP contribution in [0.25, 0.3) is 0 Å². The molecule has 6 nitrogen and oxygen atoms in total. The summed E-state index contributed by atoms with van der Waals surface area (Å²) in [7, 11) is -1.30. The maximum absolute atomic E-state index is 11.9. The number of ketones is 1. The summed E-state index contributed by atoms with van der Waals surface area (Å²) in [4.78, 5) is 22.0. The Morgan fingerprint density at radius 2 is 2.30 bits per heavy atom. The molecule has 0 N–H and O–H groups in total. The summed E-state index contributed by atoms with van der Waals surface area (Å²) >= 11 is 0. The number of nitro groups is 1. The fraction of sp³-hybridized carbons (Fsp3) is 0.462. The molecule has 2 rings (SSSR count). The zero-order valence-corrected chi connectivity index (χ0v) is 11.6. The molecule has 0 saturated carbocycles. The number of hydrogen-bond donors (Lipinski definition) is 0. The molecule has 7 heteroatoms. The van der Waals surface area contributed by atoms with Gasteiger partial charge >= 0.3 is 0 Å². The zero-order valence-electron chi connectivity index (χ0n) is 10.8. The van der Waals surface area contributed by atoms with Crippen LogP contribution in [0.4, 0.5) is 5.69 Å². The molecule has 1 aromatic rings. The zero-order chi connectivity index (χ0) is 14.5. The SMILES string of the molecule is O=C(CS(=O)CC1CCCO1)c1cccc([N+](=O)[O-])c1. The standard InChI is InChI=1S/C13H15NO5S/c15-13(9-20(18)8-12-5-2-6-19-12)10-3-1-4-11(7-10)14(16)17/h1,3-4,7,12H,2,5-6,8-9H2. The van der Waals surface area contributed by atoms with Crippen LogP contribution in [0.1, 0.15) is 23.2 Å². The Bertz CT molecular complexity index is 539. The van der Waals surface area contributed by atoms with Crippen molar-refractivity contribution in [1.82, 2.24) is 0 Å². The van der Waals surface area contributed by atoms with E-state index < -0.39 is 15.7 Å². The Hall–Kier alpha value is -1.60. The van der Waals surface area contributed by atoms with Crippen molar-refractivity contribution in [1.29, 1.82) is 0 Å². The van der Waals surface area contributed by atoms with Gasteiger partial charge in [-0.25, -0.2) is 0 Å². The first-order chi connectivity index (χ1) is 9.56. The van der Waals surface area contributed by atoms with Crippen LogP contribution in [0.3, 0.4) is 0 Å². The van der Waals surface area contributed by atoms with Gasteiger partial charge < -0.3 is 4.74 Å². The first-order valence-electron chi connectivity index (χ1n) is 6.30. The van der Waals surface area contributed by atoms with Crippen LogP contribution < -0.4 is 0 Å². The molecular formula is C13H15NO5S. The van der Waals surface area contributed by atoms with Crippen LogP contribution in [-0.2, 0) is 15.5 Å². The van der Waals surface area contributed by atoms with Gasteiger partial charge in [-0.1, -0.05) is 12.1 Å². The molecule has 0 spiro atoms. The van der Waals surface area contributed by atoms with Crippen LogP contribution in [0.2, 0.25) is 0 Å². The summed E-state index contributed by atoms with van der Waals surface area (Å²) in [6.07, 6.45) is 1.80. The lowest BCUT2D eigenvalue weighted by Gasteiger charge is -2.08. The van der Waals surface area contributed by atoms with E-state index in [-0.39, 0.29) is 28.9 Å². The smallest absolute Gasteiger partial charge is 0.270 e. The Morgan fingerprint density at radius 3 is 2.95 bits per heavy atom. The lowest BCUT2D eigenvalue weighted by molar-refractivity contribution is -0.384. The quantitative estimate of drug-likeness (QED) is 0.453. The molecule has 1 heterocycles. The maximum atomic E-state index is 11.9. The van der Waals surface area contributed by atoms with Crippen molar-refractivity contribution in [2.45, 2.75) is 18.9 Å². The van der Waals surface area contributed by atoms with Crippen LogP contribution in [0.15, 0.2) is 24.3 Å². The van der Waals surface area contributed by atoms with Gasteiger partial charge in [-0.05, 0) is 12.8 Å². The first kappa shape index (κ1) is 14.8. The normalized spacial score (nSPS) is 19.7. The molecule has 0 bridgehead atoms. The summed E-state index contributed by atoms with van der Waals surface area (Å²) in [6, 6.07) is 5.48. The minimum Gasteiger partial charge on any atom is -0.377 e. The van der Waals surface area contributed by atoms with Gasteiger partial charge in [0.2, 0.25) is 0 Å². The second-order valence-electron chi connectivity index (χ2n) is 4.62. The molecule has 1 aliphatic heterocycles. The number of nitro benzene ring substituents is 1. The van der Waals surface area contributed by atoms with Gasteiger partial charge in [0.15, 0.2) is 5.78 Å². The number of hydrogen-bond acceptors (Lipinski definition) is 5. The summed E-state index contributed by atoms with van der Waals surface area (Å²) < 4.78 is 17.2. The van der Waals surface area contributed by atoms with Gasteiger partial charge in [0.25, 0.3) is 5.69 Å². The van der Waals surface area contributed by atoms with E-state index in [0.29, 0.717) is 12.4 Å². The predicted molar refractivity (Wildman–Crippen MR) is 74.3 cm³/mol. The average Bonchev–Trinajstić information content (AvgIpc) is 2.91. The number of nitrogens with zero attached hydrogens (tertiary/aromatic N) is 1. The lowest BCUT2D eigenvalue weighted by Crippen LogP contribution is -2.21. The monoisotopic (exact) mass is 297 g/mol. The molecule has 0 amide bonds. The number of carbonyl (C=O) groups excluding carboxylic acids is 1. The number of ether oxygens (including phenoxy) is 1. The van der Waals surface area contributed by atoms with E-state index in [1.807, 2.05) is 0 Å². The van der Waals surface area contributed by atoms with Crippen molar-refractivity contribution < 1.29 is 18.7 Å². The van der Waals surface area contributed by atoms with Crippen molar-refractivity contribution in [2.24, 2.45) is 0 Å². The van der Waals surface area contributed by atoms with E-state index in [4.69, 9.17) is 4.74 Å². The number of non-ortho nitro benzene ring substituents is 1. The molecule has 1 fully saturated rings. The molecule has 0 radical (unpaired) electrons. The highest BCUT2D eigenvalue weighted by Gasteiger charge is 2.20. The molecule has 0 aliphatic carbocycles. The number of carbonyl (C=O) groups is 1. The number of Topliss-reactive ketones (excluding diaryl/α,β-unsaturated/α-hetero) is 1. The molecule has 20 heavy (non-hydrogen) atoms. The highest BCUT2D eigenvalue weighted by Crippen LogP contribution is 2.15. The average molecular weight is 297 g/mol. The van der Waals surface area contributed by atoms with Gasteiger partial charge in [-0.2, -0.15) is 0 Å². The van der Waals surface area contributed by atoms with Crippen LogP contribution in [0, 0.1) is 10.1 Å². The second-order valence-corrected chi connectivity index (χ2v) is 6.12. The van der Waals surface area contributed by atoms with Crippen molar-refractivity contribution in [3.63, 3.8) is 0 Å². The topological polar surface area (TPSA) is 86.5 Å². The summed E-state index contributed by atoms with van der Waals surface area (Å²) in [5.74, 6) is -0.119. The number of rotatable bonds is 6. The Balaban J connectivity index is 1.95. The molecule has 108 valence electrons. The third kappa shape index (κ3) is 3.94. The third-order valence-electron chi connectivity index (χ3n) is 3.07. The van der Waals surface area contributed by atoms with Crippen molar-refractivity contribution in [2.75, 3.05) is 18.1 Å². The van der Waals surface area contributed by atoms with Crippen molar-refractivity contribution in [3.8, 4) is 0 Å². The Morgan fingerprint density at radius 1 is 1.50 bits per heavy atom. The number of benzene rings is 1. The maximum Gasteiger partial charge on any atom is 0.270 e. The highest BCUT2D eigenvalue weighted by molar-refractivity contribution is 7.85. The van der Waals surface area contributed by atoms with E-state index >= 15 is 0 Å². The fourth-order valence-electron chi connectivity index (χ4n) is 2.06.